The van der Waals surface area contributed by atoms with Gasteiger partial charge in [0.05, 0.1) is 21.7 Å². The van der Waals surface area contributed by atoms with Gasteiger partial charge >= 0.3 is 0 Å². The van der Waals surface area contributed by atoms with E-state index in [4.69, 9.17) is 5.73 Å². The van der Waals surface area contributed by atoms with Crippen LogP contribution < -0.4 is 21.3 Å². The van der Waals surface area contributed by atoms with Gasteiger partial charge < -0.3 is 31.3 Å². The molecular weight excluding hydrogens is 606 g/mol. The summed E-state index contributed by atoms with van der Waals surface area (Å²) >= 11 is 0. The number of nitrogens with two attached hydrogens (primary N) is 1. The topological polar surface area (TPSA) is 173 Å². The number of rotatable bonds is 8. The average molecular weight is 650 g/mol. The molecule has 3 aliphatic rings. The number of aliphatic hydroxyl groups excluding tert-OH is 1. The van der Waals surface area contributed by atoms with E-state index in [-0.39, 0.29) is 22.9 Å². The van der Waals surface area contributed by atoms with Crippen molar-refractivity contribution >= 4 is 38.3 Å². The number of carbonyl (C=O) groups is 1. The molecule has 1 unspecified atom stereocenters. The van der Waals surface area contributed by atoms with Crippen molar-refractivity contribution in [3.63, 3.8) is 0 Å². The molecule has 3 saturated heterocycles. The van der Waals surface area contributed by atoms with Crippen molar-refractivity contribution in [2.45, 2.75) is 68.3 Å². The number of fused-ring (bicyclic) bond motifs is 1. The van der Waals surface area contributed by atoms with Crippen LogP contribution in [0.4, 0.5) is 11.5 Å². The minimum atomic E-state index is -3.67. The maximum atomic E-state index is 13.3. The number of aliphatic hydroxyl groups is 1. The van der Waals surface area contributed by atoms with Crippen LogP contribution in [-0.2, 0) is 21.9 Å². The number of amides is 1. The van der Waals surface area contributed by atoms with E-state index in [1.165, 1.54) is 15.9 Å². The molecule has 4 heterocycles. The lowest BCUT2D eigenvalue weighted by atomic mass is 9.89. The van der Waals surface area contributed by atoms with Crippen LogP contribution in [0.3, 0.4) is 0 Å². The Bertz CT molecular complexity index is 1740. The molecular formula is C32H43N9O4S. The number of anilines is 2. The summed E-state index contributed by atoms with van der Waals surface area (Å²) in [5.41, 5.74) is 9.16. The summed E-state index contributed by atoms with van der Waals surface area (Å²) in [5, 5.41) is 31.7. The SMILES string of the molecule is C[C@@H](CN1CCC(c2ccc3c(N4CCC(=O)NC4O)nn(C)c3c2)CC1)Nc1cc(S(=O)(=O)N2CCC(N)CC2)ccc1C#N. The number of benzene rings is 2. The van der Waals surface area contributed by atoms with Gasteiger partial charge in [-0.15, -0.1) is 0 Å². The van der Waals surface area contributed by atoms with Crippen LogP contribution in [0.5, 0.6) is 0 Å². The molecule has 14 heteroatoms. The van der Waals surface area contributed by atoms with Crippen molar-refractivity contribution in [3.05, 3.63) is 47.5 Å². The van der Waals surface area contributed by atoms with E-state index in [1.807, 2.05) is 11.7 Å². The predicted octanol–water partition coefficient (Wildman–Crippen LogP) is 1.84. The lowest BCUT2D eigenvalue weighted by Crippen LogP contribution is -2.54. The molecule has 46 heavy (non-hydrogen) atoms. The third-order valence-electron chi connectivity index (χ3n) is 9.53. The number of nitrogens with zero attached hydrogens (tertiary/aromatic N) is 6. The predicted molar refractivity (Wildman–Crippen MR) is 175 cm³/mol. The Morgan fingerprint density at radius 2 is 1.85 bits per heavy atom. The fraction of sp³-hybridized carbons (Fsp3) is 0.531. The Hall–Kier alpha value is -3.74. The summed E-state index contributed by atoms with van der Waals surface area (Å²) in [6.45, 7) is 5.86. The number of carbonyl (C=O) groups excluding carboxylic acids is 1. The van der Waals surface area contributed by atoms with Crippen molar-refractivity contribution in [3.8, 4) is 6.07 Å². The van der Waals surface area contributed by atoms with Crippen LogP contribution in [0.2, 0.25) is 0 Å². The number of aromatic nitrogens is 2. The van der Waals surface area contributed by atoms with E-state index in [1.54, 1.807) is 17.0 Å². The monoisotopic (exact) mass is 649 g/mol. The lowest BCUT2D eigenvalue weighted by molar-refractivity contribution is -0.125. The molecule has 0 spiro atoms. The summed E-state index contributed by atoms with van der Waals surface area (Å²) in [5.74, 6) is 0.888. The second-order valence-electron chi connectivity index (χ2n) is 12.8. The van der Waals surface area contributed by atoms with E-state index >= 15 is 0 Å². The van der Waals surface area contributed by atoms with Gasteiger partial charge in [0.2, 0.25) is 22.3 Å². The van der Waals surface area contributed by atoms with Gasteiger partial charge in [-0.25, -0.2) is 8.42 Å². The molecule has 2 aromatic carbocycles. The maximum Gasteiger partial charge on any atom is 0.243 e. The molecule has 1 aromatic heterocycles. The second kappa shape index (κ2) is 13.2. The molecule has 0 aliphatic carbocycles. The number of aryl methyl sites for hydroxylation is 1. The molecule has 246 valence electrons. The largest absolute Gasteiger partial charge is 0.380 e. The molecule has 2 atom stereocenters. The quantitative estimate of drug-likeness (QED) is 0.282. The van der Waals surface area contributed by atoms with E-state index < -0.39 is 16.4 Å². The van der Waals surface area contributed by atoms with Gasteiger partial charge in [0.25, 0.3) is 0 Å². The maximum absolute atomic E-state index is 13.3. The second-order valence-corrected chi connectivity index (χ2v) is 14.7. The van der Waals surface area contributed by atoms with Crippen molar-refractivity contribution in [1.82, 2.24) is 24.3 Å². The first-order chi connectivity index (χ1) is 22.0. The van der Waals surface area contributed by atoms with Crippen molar-refractivity contribution in [2.75, 3.05) is 49.5 Å². The fourth-order valence-electron chi connectivity index (χ4n) is 6.89. The van der Waals surface area contributed by atoms with Crippen LogP contribution in [0.1, 0.15) is 56.1 Å². The summed E-state index contributed by atoms with van der Waals surface area (Å²) in [6, 6.07) is 13.3. The van der Waals surface area contributed by atoms with Gasteiger partial charge in [0.1, 0.15) is 6.07 Å². The summed E-state index contributed by atoms with van der Waals surface area (Å²) in [4.78, 5) is 16.0. The Morgan fingerprint density at radius 1 is 1.11 bits per heavy atom. The molecule has 13 nitrogen and oxygen atoms in total. The van der Waals surface area contributed by atoms with Gasteiger partial charge in [-0.2, -0.15) is 14.7 Å². The standard InChI is InChI=1S/C32H43N9O4S/c1-21(35-28-18-26(5-3-24(28)19-33)46(44,45)40-14-9-25(34)10-15-40)20-39-12-7-22(8-13-39)23-4-6-27-29(17-23)38(2)37-31(27)41-16-11-30(42)36-32(41)43/h3-6,17-18,21-22,25,32,35,43H,7-16,20,34H2,1-2H3,(H,36,42)/t21-,32?/m0/s1. The van der Waals surface area contributed by atoms with Gasteiger partial charge in [-0.1, -0.05) is 6.07 Å². The van der Waals surface area contributed by atoms with E-state index in [0.29, 0.717) is 61.9 Å². The zero-order valence-electron chi connectivity index (χ0n) is 26.4. The molecule has 0 bridgehead atoms. The molecule has 3 aromatic rings. The highest BCUT2D eigenvalue weighted by Gasteiger charge is 2.30. The van der Waals surface area contributed by atoms with E-state index in [9.17, 15) is 23.6 Å². The summed E-state index contributed by atoms with van der Waals surface area (Å²) in [7, 11) is -1.77. The smallest absolute Gasteiger partial charge is 0.243 e. The number of sulfonamides is 1. The third-order valence-corrected chi connectivity index (χ3v) is 11.4. The number of likely N-dealkylation sites (tertiary alicyclic amines) is 1. The van der Waals surface area contributed by atoms with Gasteiger partial charge in [0.15, 0.2) is 5.82 Å². The number of hydrogen-bond acceptors (Lipinski definition) is 10. The number of nitrogens with one attached hydrogen (secondary N) is 2. The number of nitriles is 1. The zero-order valence-corrected chi connectivity index (χ0v) is 27.2. The number of piperidine rings is 2. The molecule has 6 rings (SSSR count). The van der Waals surface area contributed by atoms with E-state index in [0.717, 1.165) is 43.4 Å². The third kappa shape index (κ3) is 6.56. The Kier molecular flexibility index (Phi) is 9.22. The van der Waals surface area contributed by atoms with Crippen LogP contribution in [0, 0.1) is 11.3 Å². The summed E-state index contributed by atoms with van der Waals surface area (Å²) in [6.07, 6.45) is 2.48. The molecule has 1 amide bonds. The van der Waals surface area contributed by atoms with Crippen LogP contribution in [0.25, 0.3) is 10.9 Å². The van der Waals surface area contributed by atoms with Crippen molar-refractivity contribution in [2.24, 2.45) is 12.8 Å². The van der Waals surface area contributed by atoms with E-state index in [2.05, 4.69) is 51.8 Å². The fourth-order valence-corrected chi connectivity index (χ4v) is 8.39. The highest BCUT2D eigenvalue weighted by atomic mass is 32.2. The zero-order chi connectivity index (χ0) is 32.6. The molecule has 3 aliphatic heterocycles. The molecule has 3 fully saturated rings. The summed E-state index contributed by atoms with van der Waals surface area (Å²) < 4.78 is 30.0. The Labute approximate surface area is 270 Å². The van der Waals surface area contributed by atoms with Crippen LogP contribution >= 0.6 is 0 Å². The highest BCUT2D eigenvalue weighted by Crippen LogP contribution is 2.34. The molecule has 0 saturated carbocycles. The first kappa shape index (κ1) is 32.2. The van der Waals surface area contributed by atoms with Crippen LogP contribution in [0.15, 0.2) is 41.3 Å². The van der Waals surface area contributed by atoms with Crippen molar-refractivity contribution < 1.29 is 18.3 Å². The van der Waals surface area contributed by atoms with Crippen LogP contribution in [-0.4, -0.2) is 96.1 Å². The highest BCUT2D eigenvalue weighted by molar-refractivity contribution is 7.89. The van der Waals surface area contributed by atoms with Crippen molar-refractivity contribution in [1.29, 1.82) is 5.26 Å². The molecule has 5 N–H and O–H groups in total. The van der Waals surface area contributed by atoms with Gasteiger partial charge in [-0.05, 0) is 87.5 Å². The minimum Gasteiger partial charge on any atom is -0.380 e. The lowest BCUT2D eigenvalue weighted by Gasteiger charge is -2.34. The minimum absolute atomic E-state index is 0.00581. The number of hydrogen-bond donors (Lipinski definition) is 4. The molecule has 0 radical (unpaired) electrons. The first-order valence-corrected chi connectivity index (χ1v) is 17.5. The normalized spacial score (nSPS) is 21.7. The Morgan fingerprint density at radius 3 is 2.54 bits per heavy atom. The van der Waals surface area contributed by atoms with Gasteiger partial charge in [-0.3, -0.25) is 9.48 Å². The Balaban J connectivity index is 1.07. The first-order valence-electron chi connectivity index (χ1n) is 16.0. The average Bonchev–Trinajstić information content (AvgIpc) is 3.36. The van der Waals surface area contributed by atoms with Gasteiger partial charge in [0, 0.05) is 57.1 Å².